The Morgan fingerprint density at radius 1 is 0.865 bits per heavy atom. The molecule has 1 amide bonds. The van der Waals surface area contributed by atoms with Gasteiger partial charge in [-0.25, -0.2) is 8.42 Å². The van der Waals surface area contributed by atoms with E-state index in [-0.39, 0.29) is 10.6 Å². The Balaban J connectivity index is 1.74. The first-order chi connectivity index (χ1) is 17.9. The summed E-state index contributed by atoms with van der Waals surface area (Å²) in [5, 5.41) is 4.10. The number of benzene rings is 4. The fraction of sp³-hybridized carbons (Fsp3) is 0.179. The number of nitrogens with zero attached hydrogens (tertiary/aromatic N) is 1. The normalized spacial score (nSPS) is 11.1. The van der Waals surface area contributed by atoms with Crippen LogP contribution >= 0.6 is 0 Å². The lowest BCUT2D eigenvalue weighted by molar-refractivity contribution is -0.114. The lowest BCUT2D eigenvalue weighted by Gasteiger charge is -2.25. The van der Waals surface area contributed by atoms with Gasteiger partial charge in [0.2, 0.25) is 5.91 Å². The van der Waals surface area contributed by atoms with E-state index in [2.05, 4.69) is 5.32 Å². The smallest absolute Gasteiger partial charge is 0.265 e. The number of hydrogen-bond acceptors (Lipinski definition) is 6. The maximum Gasteiger partial charge on any atom is 0.265 e. The number of fused-ring (bicyclic) bond motifs is 1. The van der Waals surface area contributed by atoms with Gasteiger partial charge < -0.3 is 19.5 Å². The van der Waals surface area contributed by atoms with Gasteiger partial charge in [-0.3, -0.25) is 9.10 Å². The summed E-state index contributed by atoms with van der Waals surface area (Å²) in [5.41, 5.74) is 0.774. The van der Waals surface area contributed by atoms with Gasteiger partial charge in [-0.1, -0.05) is 36.4 Å². The van der Waals surface area contributed by atoms with Gasteiger partial charge in [0.15, 0.2) is 11.5 Å². The Bertz CT molecular complexity index is 1500. The van der Waals surface area contributed by atoms with Gasteiger partial charge in [0.05, 0.1) is 31.4 Å². The summed E-state index contributed by atoms with van der Waals surface area (Å²) in [6.45, 7) is 1.95. The van der Waals surface area contributed by atoms with Crippen LogP contribution in [0.2, 0.25) is 0 Å². The molecule has 8 nitrogen and oxygen atoms in total. The first kappa shape index (κ1) is 25.8. The molecule has 0 aliphatic carbocycles. The second kappa shape index (κ2) is 11.2. The third kappa shape index (κ3) is 5.62. The summed E-state index contributed by atoms with van der Waals surface area (Å²) >= 11 is 0. The summed E-state index contributed by atoms with van der Waals surface area (Å²) in [5.74, 6) is 0.936. The lowest BCUT2D eigenvalue weighted by atomic mass is 10.1. The third-order valence-corrected chi connectivity index (χ3v) is 7.54. The zero-order valence-electron chi connectivity index (χ0n) is 20.8. The van der Waals surface area contributed by atoms with Crippen LogP contribution in [0.5, 0.6) is 17.2 Å². The van der Waals surface area contributed by atoms with Crippen molar-refractivity contribution in [3.8, 4) is 17.2 Å². The van der Waals surface area contributed by atoms with E-state index in [1.54, 1.807) is 54.6 Å². The molecular weight excluding hydrogens is 492 g/mol. The van der Waals surface area contributed by atoms with Crippen LogP contribution in [0.1, 0.15) is 6.92 Å². The standard InChI is InChI=1S/C28H28N2O6S/c1-4-36-23-15-12-21(13-16-23)29-28(31)19-30(22-14-17-25(34-2)26(18-22)35-3)37(32,33)27-11-7-9-20-8-5-6-10-24(20)27/h5-18H,4,19H2,1-3H3,(H,29,31). The Kier molecular flexibility index (Phi) is 7.83. The number of carbonyl (C=O) groups excluding carboxylic acids is 1. The lowest BCUT2D eigenvalue weighted by Crippen LogP contribution is -2.38. The van der Waals surface area contributed by atoms with Crippen molar-refractivity contribution < 1.29 is 27.4 Å². The predicted octanol–water partition coefficient (Wildman–Crippen LogP) is 5.09. The summed E-state index contributed by atoms with van der Waals surface area (Å²) in [6, 6.07) is 23.8. The van der Waals surface area contributed by atoms with E-state index in [1.165, 1.54) is 26.4 Å². The first-order valence-corrected chi connectivity index (χ1v) is 13.1. The van der Waals surface area contributed by atoms with Gasteiger partial charge in [0, 0.05) is 17.1 Å². The van der Waals surface area contributed by atoms with Gasteiger partial charge in [-0.15, -0.1) is 0 Å². The highest BCUT2D eigenvalue weighted by Gasteiger charge is 2.29. The quantitative estimate of drug-likeness (QED) is 0.313. The molecule has 0 saturated heterocycles. The molecule has 4 aromatic carbocycles. The second-order valence-electron chi connectivity index (χ2n) is 8.03. The van der Waals surface area contributed by atoms with Gasteiger partial charge >= 0.3 is 0 Å². The van der Waals surface area contributed by atoms with Crippen molar-refractivity contribution in [3.05, 3.63) is 84.9 Å². The van der Waals surface area contributed by atoms with Crippen molar-refractivity contribution in [2.75, 3.05) is 37.0 Å². The minimum atomic E-state index is -4.17. The van der Waals surface area contributed by atoms with Gasteiger partial charge in [-0.2, -0.15) is 0 Å². The van der Waals surface area contributed by atoms with E-state index in [0.717, 1.165) is 9.69 Å². The van der Waals surface area contributed by atoms with Crippen molar-refractivity contribution in [1.29, 1.82) is 0 Å². The maximum absolute atomic E-state index is 14.1. The number of ether oxygens (including phenoxy) is 3. The Labute approximate surface area is 216 Å². The summed E-state index contributed by atoms with van der Waals surface area (Å²) in [4.78, 5) is 13.2. The number of anilines is 2. The van der Waals surface area contributed by atoms with E-state index >= 15 is 0 Å². The second-order valence-corrected chi connectivity index (χ2v) is 9.86. The van der Waals surface area contributed by atoms with E-state index in [0.29, 0.717) is 34.9 Å². The van der Waals surface area contributed by atoms with Crippen molar-refractivity contribution in [1.82, 2.24) is 0 Å². The fourth-order valence-corrected chi connectivity index (χ4v) is 5.60. The number of hydrogen-bond donors (Lipinski definition) is 1. The number of carbonyl (C=O) groups is 1. The topological polar surface area (TPSA) is 94.2 Å². The van der Waals surface area contributed by atoms with Crippen LogP contribution in [0.15, 0.2) is 89.8 Å². The van der Waals surface area contributed by atoms with Gasteiger partial charge in [0.1, 0.15) is 12.3 Å². The minimum Gasteiger partial charge on any atom is -0.494 e. The van der Waals surface area contributed by atoms with Crippen LogP contribution in [-0.4, -0.2) is 41.7 Å². The predicted molar refractivity (Wildman–Crippen MR) is 144 cm³/mol. The molecule has 4 aromatic rings. The molecule has 0 bridgehead atoms. The molecule has 9 heteroatoms. The van der Waals surface area contributed by atoms with Crippen molar-refractivity contribution in [2.24, 2.45) is 0 Å². The Morgan fingerprint density at radius 2 is 1.57 bits per heavy atom. The van der Waals surface area contributed by atoms with Crippen molar-refractivity contribution in [2.45, 2.75) is 11.8 Å². The van der Waals surface area contributed by atoms with Gasteiger partial charge in [-0.05, 0) is 54.8 Å². The Hall–Kier alpha value is -4.24. The molecule has 0 spiro atoms. The number of sulfonamides is 1. The van der Waals surface area contributed by atoms with Crippen LogP contribution in [0.4, 0.5) is 11.4 Å². The highest BCUT2D eigenvalue weighted by atomic mass is 32.2. The minimum absolute atomic E-state index is 0.0919. The molecular formula is C28H28N2O6S. The first-order valence-electron chi connectivity index (χ1n) is 11.6. The van der Waals surface area contributed by atoms with Crippen LogP contribution < -0.4 is 23.8 Å². The molecule has 0 atom stereocenters. The zero-order valence-corrected chi connectivity index (χ0v) is 21.6. The molecule has 0 aromatic heterocycles. The molecule has 0 radical (unpaired) electrons. The molecule has 4 rings (SSSR count). The van der Waals surface area contributed by atoms with Crippen LogP contribution in [0.25, 0.3) is 10.8 Å². The monoisotopic (exact) mass is 520 g/mol. The number of rotatable bonds is 10. The molecule has 37 heavy (non-hydrogen) atoms. The van der Waals surface area contributed by atoms with Crippen molar-refractivity contribution >= 4 is 38.1 Å². The number of amides is 1. The van der Waals surface area contributed by atoms with Crippen molar-refractivity contribution in [3.63, 3.8) is 0 Å². The van der Waals surface area contributed by atoms with E-state index in [1.807, 2.05) is 25.1 Å². The number of methoxy groups -OCH3 is 2. The van der Waals surface area contributed by atoms with Crippen LogP contribution in [0.3, 0.4) is 0 Å². The molecule has 0 saturated carbocycles. The summed E-state index contributed by atoms with van der Waals surface area (Å²) in [6.07, 6.45) is 0. The number of nitrogens with one attached hydrogen (secondary N) is 1. The van der Waals surface area contributed by atoms with Crippen LogP contribution in [-0.2, 0) is 14.8 Å². The van der Waals surface area contributed by atoms with E-state index in [9.17, 15) is 13.2 Å². The SMILES string of the molecule is CCOc1ccc(NC(=O)CN(c2ccc(OC)c(OC)c2)S(=O)(=O)c2cccc3ccccc23)cc1. The average molecular weight is 521 g/mol. The molecule has 0 aliphatic rings. The Morgan fingerprint density at radius 3 is 2.27 bits per heavy atom. The summed E-state index contributed by atoms with van der Waals surface area (Å²) < 4.78 is 45.3. The maximum atomic E-state index is 14.1. The van der Waals surface area contributed by atoms with E-state index in [4.69, 9.17) is 14.2 Å². The van der Waals surface area contributed by atoms with E-state index < -0.39 is 22.5 Å². The molecule has 0 unspecified atom stereocenters. The highest BCUT2D eigenvalue weighted by molar-refractivity contribution is 7.93. The average Bonchev–Trinajstić information content (AvgIpc) is 2.92. The molecule has 0 aliphatic heterocycles. The third-order valence-electron chi connectivity index (χ3n) is 5.71. The highest BCUT2D eigenvalue weighted by Crippen LogP contribution is 2.35. The zero-order chi connectivity index (χ0) is 26.4. The van der Waals surface area contributed by atoms with Crippen LogP contribution in [0, 0.1) is 0 Å². The largest absolute Gasteiger partial charge is 0.494 e. The molecule has 0 heterocycles. The fourth-order valence-electron chi connectivity index (χ4n) is 3.97. The van der Waals surface area contributed by atoms with Gasteiger partial charge in [0.25, 0.3) is 10.0 Å². The summed E-state index contributed by atoms with van der Waals surface area (Å²) in [7, 11) is -1.22. The molecule has 1 N–H and O–H groups in total. The molecule has 192 valence electrons. The molecule has 0 fully saturated rings.